The van der Waals surface area contributed by atoms with E-state index in [9.17, 15) is 13.2 Å². The summed E-state index contributed by atoms with van der Waals surface area (Å²) in [6.07, 6.45) is 1.82. The number of carbonyl (C=O) groups is 1. The molecule has 2 aromatic carbocycles. The summed E-state index contributed by atoms with van der Waals surface area (Å²) in [5, 5.41) is 2.90. The Kier molecular flexibility index (Phi) is 8.25. The van der Waals surface area contributed by atoms with Crippen molar-refractivity contribution in [3.8, 4) is 5.75 Å². The third kappa shape index (κ3) is 6.47. The lowest BCUT2D eigenvalue weighted by Crippen LogP contribution is -2.37. The molecule has 0 aromatic heterocycles. The minimum absolute atomic E-state index is 0.151. The molecule has 0 aliphatic carbocycles. The van der Waals surface area contributed by atoms with Gasteiger partial charge in [-0.25, -0.2) is 0 Å². The van der Waals surface area contributed by atoms with E-state index in [0.29, 0.717) is 17.8 Å². The number of ether oxygens (including phenoxy) is 1. The van der Waals surface area contributed by atoms with Crippen molar-refractivity contribution in [1.29, 1.82) is 0 Å². The molecule has 0 aliphatic heterocycles. The fourth-order valence-corrected chi connectivity index (χ4v) is 3.68. The number of anilines is 1. The van der Waals surface area contributed by atoms with Gasteiger partial charge in [0.05, 0.1) is 11.8 Å². The molecule has 1 amide bonds. The second kappa shape index (κ2) is 10.4. The Labute approximate surface area is 179 Å². The van der Waals surface area contributed by atoms with Crippen LogP contribution in [0.2, 0.25) is 0 Å². The molecule has 0 heterocycles. The van der Waals surface area contributed by atoms with Crippen LogP contribution >= 0.6 is 0 Å². The molecule has 0 saturated heterocycles. The third-order valence-corrected chi connectivity index (χ3v) is 6.35. The Balaban J connectivity index is 1.82. The van der Waals surface area contributed by atoms with Crippen molar-refractivity contribution in [1.82, 2.24) is 9.62 Å². The summed E-state index contributed by atoms with van der Waals surface area (Å²) in [7, 11) is 0.868. The molecule has 8 heteroatoms. The van der Waals surface area contributed by atoms with E-state index >= 15 is 0 Å². The van der Waals surface area contributed by atoms with Crippen molar-refractivity contribution in [2.75, 3.05) is 32.0 Å². The van der Waals surface area contributed by atoms with Gasteiger partial charge in [-0.3, -0.25) is 9.10 Å². The zero-order chi connectivity index (χ0) is 22.3. The minimum atomic E-state index is -3.56. The maximum atomic E-state index is 12.3. The van der Waals surface area contributed by atoms with Gasteiger partial charge in [-0.15, -0.1) is 0 Å². The normalized spacial score (nSPS) is 11.6. The molecule has 1 N–H and O–H groups in total. The second-order valence-corrected chi connectivity index (χ2v) is 9.65. The molecule has 0 aliphatic rings. The first-order chi connectivity index (χ1) is 14.1. The lowest BCUT2D eigenvalue weighted by molar-refractivity contribution is 0.0953. The molecule has 2 aromatic rings. The zero-order valence-corrected chi connectivity index (χ0v) is 19.1. The Hall–Kier alpha value is -2.58. The number of nitrogens with one attached hydrogen (secondary N) is 1. The van der Waals surface area contributed by atoms with Crippen molar-refractivity contribution in [2.24, 2.45) is 0 Å². The van der Waals surface area contributed by atoms with E-state index in [1.165, 1.54) is 31.0 Å². The molecule has 0 saturated carbocycles. The van der Waals surface area contributed by atoms with Crippen LogP contribution in [0, 0.1) is 0 Å². The Morgan fingerprint density at radius 1 is 1.00 bits per heavy atom. The molecular formula is C22H31N3O4S. The summed E-state index contributed by atoms with van der Waals surface area (Å²) in [6.45, 7) is 4.54. The van der Waals surface area contributed by atoms with Crippen LogP contribution in [0.4, 0.5) is 5.69 Å². The number of benzene rings is 2. The number of aryl methyl sites for hydroxylation is 1. The number of hydrogen-bond acceptors (Lipinski definition) is 4. The predicted molar refractivity (Wildman–Crippen MR) is 120 cm³/mol. The van der Waals surface area contributed by atoms with Gasteiger partial charge in [-0.1, -0.05) is 12.1 Å². The highest BCUT2D eigenvalue weighted by molar-refractivity contribution is 7.90. The first-order valence-electron chi connectivity index (χ1n) is 9.91. The fraction of sp³-hybridized carbons (Fsp3) is 0.409. The molecule has 164 valence electrons. The topological polar surface area (TPSA) is 79.0 Å². The number of hydrogen-bond donors (Lipinski definition) is 1. The first kappa shape index (κ1) is 23.7. The maximum absolute atomic E-state index is 12.3. The van der Waals surface area contributed by atoms with Crippen molar-refractivity contribution in [2.45, 2.75) is 32.8 Å². The lowest BCUT2D eigenvalue weighted by Gasteiger charge is -2.23. The largest absolute Gasteiger partial charge is 0.491 e. The van der Waals surface area contributed by atoms with E-state index in [-0.39, 0.29) is 12.0 Å². The van der Waals surface area contributed by atoms with Crippen LogP contribution in [-0.2, 0) is 16.6 Å². The van der Waals surface area contributed by atoms with Crippen LogP contribution in [0.15, 0.2) is 48.5 Å². The van der Waals surface area contributed by atoms with Gasteiger partial charge < -0.3 is 10.1 Å². The average molecular weight is 434 g/mol. The van der Waals surface area contributed by atoms with Crippen molar-refractivity contribution < 1.29 is 17.9 Å². The lowest BCUT2D eigenvalue weighted by atomic mass is 10.1. The zero-order valence-electron chi connectivity index (χ0n) is 18.3. The third-order valence-electron chi connectivity index (χ3n) is 4.52. The van der Waals surface area contributed by atoms with E-state index in [1.54, 1.807) is 24.3 Å². The number of rotatable bonds is 10. The highest BCUT2D eigenvalue weighted by atomic mass is 32.2. The molecule has 0 spiro atoms. The summed E-state index contributed by atoms with van der Waals surface area (Å²) < 4.78 is 32.3. The highest BCUT2D eigenvalue weighted by Gasteiger charge is 2.21. The van der Waals surface area contributed by atoms with Gasteiger partial charge in [0.2, 0.25) is 0 Å². The van der Waals surface area contributed by atoms with Gasteiger partial charge in [0.15, 0.2) is 0 Å². The summed E-state index contributed by atoms with van der Waals surface area (Å²) >= 11 is 0. The molecule has 2 rings (SSSR count). The smallest absolute Gasteiger partial charge is 0.303 e. The molecule has 0 atom stereocenters. The summed E-state index contributed by atoms with van der Waals surface area (Å²) in [5.41, 5.74) is 2.17. The van der Waals surface area contributed by atoms with Gasteiger partial charge >= 0.3 is 10.2 Å². The monoisotopic (exact) mass is 433 g/mol. The van der Waals surface area contributed by atoms with Crippen molar-refractivity contribution in [3.05, 3.63) is 59.7 Å². The van der Waals surface area contributed by atoms with Crippen LogP contribution in [0.3, 0.4) is 0 Å². The first-order valence-corrected chi connectivity index (χ1v) is 11.3. The summed E-state index contributed by atoms with van der Waals surface area (Å²) in [4.78, 5) is 12.3. The molecule has 0 fully saturated rings. The van der Waals surface area contributed by atoms with Gasteiger partial charge in [-0.2, -0.15) is 12.7 Å². The van der Waals surface area contributed by atoms with Gasteiger partial charge in [0, 0.05) is 33.3 Å². The van der Waals surface area contributed by atoms with Crippen molar-refractivity contribution in [3.63, 3.8) is 0 Å². The predicted octanol–water partition coefficient (Wildman–Crippen LogP) is 3.08. The van der Waals surface area contributed by atoms with E-state index in [2.05, 4.69) is 5.32 Å². The summed E-state index contributed by atoms with van der Waals surface area (Å²) in [6, 6.07) is 14.5. The van der Waals surface area contributed by atoms with E-state index in [0.717, 1.165) is 22.9 Å². The van der Waals surface area contributed by atoms with Crippen LogP contribution in [0.25, 0.3) is 0 Å². The van der Waals surface area contributed by atoms with Crippen LogP contribution < -0.4 is 14.4 Å². The second-order valence-electron chi connectivity index (χ2n) is 7.47. The van der Waals surface area contributed by atoms with Crippen molar-refractivity contribution >= 4 is 21.8 Å². The SMILES string of the molecule is CC(C)Oc1ccc(CCCNC(=O)c2ccc(N(C)S(=O)(=O)N(C)C)cc2)cc1. The molecule has 0 bridgehead atoms. The Morgan fingerprint density at radius 3 is 2.13 bits per heavy atom. The molecule has 7 nitrogen and oxygen atoms in total. The Morgan fingerprint density at radius 2 is 1.60 bits per heavy atom. The minimum Gasteiger partial charge on any atom is -0.491 e. The van der Waals surface area contributed by atoms with E-state index in [4.69, 9.17) is 4.74 Å². The van der Waals surface area contributed by atoms with Gasteiger partial charge in [0.1, 0.15) is 5.75 Å². The van der Waals surface area contributed by atoms with E-state index < -0.39 is 10.2 Å². The molecular weight excluding hydrogens is 402 g/mol. The Bertz CT molecular complexity index is 924. The quantitative estimate of drug-likeness (QED) is 0.584. The number of carbonyl (C=O) groups excluding carboxylic acids is 1. The van der Waals surface area contributed by atoms with E-state index in [1.807, 2.05) is 38.1 Å². The molecule has 0 unspecified atom stereocenters. The average Bonchev–Trinajstić information content (AvgIpc) is 2.71. The number of amides is 1. The van der Waals surface area contributed by atoms with Crippen LogP contribution in [-0.4, -0.2) is 52.4 Å². The fourth-order valence-electron chi connectivity index (χ4n) is 2.80. The van der Waals surface area contributed by atoms with Gasteiger partial charge in [-0.05, 0) is 68.7 Å². The van der Waals surface area contributed by atoms with Crippen LogP contribution in [0.5, 0.6) is 5.75 Å². The number of nitrogens with zero attached hydrogens (tertiary/aromatic N) is 2. The standard InChI is InChI=1S/C22H31N3O4S/c1-17(2)29-21-14-8-18(9-15-21)7-6-16-23-22(26)19-10-12-20(13-11-19)25(5)30(27,28)24(3)4/h8-15,17H,6-7,16H2,1-5H3,(H,23,26). The molecule has 30 heavy (non-hydrogen) atoms. The highest BCUT2D eigenvalue weighted by Crippen LogP contribution is 2.18. The summed E-state index contributed by atoms with van der Waals surface area (Å²) in [5.74, 6) is 0.676. The van der Waals surface area contributed by atoms with Gasteiger partial charge in [0.25, 0.3) is 5.91 Å². The maximum Gasteiger partial charge on any atom is 0.303 e. The van der Waals surface area contributed by atoms with Crippen LogP contribution in [0.1, 0.15) is 36.2 Å². The molecule has 0 radical (unpaired) electrons.